The lowest BCUT2D eigenvalue weighted by atomic mass is 10.1. The van der Waals surface area contributed by atoms with E-state index < -0.39 is 5.97 Å². The third-order valence-corrected chi connectivity index (χ3v) is 2.56. The van der Waals surface area contributed by atoms with E-state index in [1.807, 2.05) is 0 Å². The van der Waals surface area contributed by atoms with E-state index in [4.69, 9.17) is 16.3 Å². The Balaban J connectivity index is 2.63. The molecule has 0 saturated carbocycles. The fraction of sp³-hybridized carbons (Fsp3) is 0.182. The maximum Gasteiger partial charge on any atom is 0.308 e. The van der Waals surface area contributed by atoms with Crippen molar-refractivity contribution in [2.45, 2.75) is 13.3 Å². The van der Waals surface area contributed by atoms with E-state index in [0.29, 0.717) is 0 Å². The standard InChI is InChI=1S/C11H7ClO4/c1-5(13)16-9-3-2-6(12)10-7(14)4-8(15)11(9)10/h2-3H,4H2,1H3. The molecule has 0 amide bonds. The number of Topliss-reactive ketones (excluding diaryl/α,β-unsaturated/α-hetero) is 2. The predicted octanol–water partition coefficient (Wildman–Crippen LogP) is 2.03. The summed E-state index contributed by atoms with van der Waals surface area (Å²) in [4.78, 5) is 33.9. The van der Waals surface area contributed by atoms with Gasteiger partial charge in [0.1, 0.15) is 5.75 Å². The molecule has 0 aliphatic heterocycles. The minimum atomic E-state index is -0.545. The van der Waals surface area contributed by atoms with Gasteiger partial charge in [-0.3, -0.25) is 14.4 Å². The van der Waals surface area contributed by atoms with Crippen LogP contribution in [0.1, 0.15) is 34.1 Å². The van der Waals surface area contributed by atoms with E-state index in [2.05, 4.69) is 0 Å². The lowest BCUT2D eigenvalue weighted by molar-refractivity contribution is -0.131. The Morgan fingerprint density at radius 3 is 2.50 bits per heavy atom. The van der Waals surface area contributed by atoms with Gasteiger partial charge in [-0.05, 0) is 12.1 Å². The Bertz CT molecular complexity index is 519. The van der Waals surface area contributed by atoms with Gasteiger partial charge in [0.15, 0.2) is 11.6 Å². The van der Waals surface area contributed by atoms with Gasteiger partial charge in [0.05, 0.1) is 22.6 Å². The van der Waals surface area contributed by atoms with Crippen LogP contribution >= 0.6 is 11.6 Å². The van der Waals surface area contributed by atoms with Crippen LogP contribution in [0.3, 0.4) is 0 Å². The maximum absolute atomic E-state index is 11.6. The topological polar surface area (TPSA) is 60.4 Å². The number of esters is 1. The van der Waals surface area contributed by atoms with Crippen LogP contribution < -0.4 is 4.74 Å². The Kier molecular flexibility index (Phi) is 2.52. The summed E-state index contributed by atoms with van der Waals surface area (Å²) in [6, 6.07) is 2.86. The van der Waals surface area contributed by atoms with Gasteiger partial charge < -0.3 is 4.74 Å². The van der Waals surface area contributed by atoms with E-state index >= 15 is 0 Å². The van der Waals surface area contributed by atoms with Gasteiger partial charge in [0, 0.05) is 6.92 Å². The number of hydrogen-bond donors (Lipinski definition) is 0. The molecule has 1 aliphatic rings. The van der Waals surface area contributed by atoms with Gasteiger partial charge in [-0.15, -0.1) is 0 Å². The molecule has 82 valence electrons. The van der Waals surface area contributed by atoms with Crippen LogP contribution in [0.15, 0.2) is 12.1 Å². The number of halogens is 1. The molecule has 0 saturated heterocycles. The first-order valence-corrected chi connectivity index (χ1v) is 4.96. The van der Waals surface area contributed by atoms with Crippen molar-refractivity contribution < 1.29 is 19.1 Å². The number of rotatable bonds is 1. The van der Waals surface area contributed by atoms with Crippen LogP contribution in [0.25, 0.3) is 0 Å². The number of hydrogen-bond acceptors (Lipinski definition) is 4. The van der Waals surface area contributed by atoms with Crippen molar-refractivity contribution in [3.05, 3.63) is 28.3 Å². The molecular formula is C11H7ClO4. The first-order chi connectivity index (χ1) is 7.50. The number of carbonyl (C=O) groups excluding carboxylic acids is 3. The minimum Gasteiger partial charge on any atom is -0.426 e. The fourth-order valence-corrected chi connectivity index (χ4v) is 1.93. The summed E-state index contributed by atoms with van der Waals surface area (Å²) in [6.07, 6.45) is -0.215. The number of ketones is 2. The van der Waals surface area contributed by atoms with Crippen LogP contribution in [-0.4, -0.2) is 17.5 Å². The quantitative estimate of drug-likeness (QED) is 0.427. The highest BCUT2D eigenvalue weighted by Crippen LogP contribution is 2.35. The molecule has 0 unspecified atom stereocenters. The first-order valence-electron chi connectivity index (χ1n) is 4.58. The molecule has 0 atom stereocenters. The van der Waals surface area contributed by atoms with Crippen LogP contribution in [0.5, 0.6) is 5.75 Å². The molecule has 0 fully saturated rings. The summed E-state index contributed by atoms with van der Waals surface area (Å²) in [7, 11) is 0. The van der Waals surface area contributed by atoms with Crippen molar-refractivity contribution in [1.82, 2.24) is 0 Å². The third-order valence-electron chi connectivity index (χ3n) is 2.25. The van der Waals surface area contributed by atoms with Crippen LogP contribution in [0.2, 0.25) is 5.02 Å². The Labute approximate surface area is 96.2 Å². The van der Waals surface area contributed by atoms with Crippen LogP contribution in [0, 0.1) is 0 Å². The molecule has 5 heteroatoms. The second-order valence-electron chi connectivity index (χ2n) is 3.41. The summed E-state index contributed by atoms with van der Waals surface area (Å²) in [5.41, 5.74) is 0.276. The third kappa shape index (κ3) is 1.61. The van der Waals surface area contributed by atoms with Gasteiger partial charge in [-0.25, -0.2) is 0 Å². The van der Waals surface area contributed by atoms with E-state index in [9.17, 15) is 14.4 Å². The molecule has 0 N–H and O–H groups in total. The summed E-state index contributed by atoms with van der Waals surface area (Å²) in [6.45, 7) is 1.22. The second kappa shape index (κ2) is 3.72. The molecule has 1 aliphatic carbocycles. The van der Waals surface area contributed by atoms with E-state index in [1.165, 1.54) is 19.1 Å². The normalized spacial score (nSPS) is 13.9. The number of fused-ring (bicyclic) bond motifs is 1. The van der Waals surface area contributed by atoms with Crippen LogP contribution in [-0.2, 0) is 4.79 Å². The summed E-state index contributed by atoms with van der Waals surface area (Å²) in [5.74, 6) is -1.14. The molecular weight excluding hydrogens is 232 g/mol. The molecule has 1 aromatic rings. The van der Waals surface area contributed by atoms with Crippen molar-refractivity contribution in [2.75, 3.05) is 0 Å². The maximum atomic E-state index is 11.6. The highest BCUT2D eigenvalue weighted by atomic mass is 35.5. The van der Waals surface area contributed by atoms with Crippen molar-refractivity contribution in [3.8, 4) is 5.75 Å². The zero-order valence-corrected chi connectivity index (χ0v) is 9.13. The van der Waals surface area contributed by atoms with Crippen molar-refractivity contribution in [2.24, 2.45) is 0 Å². The summed E-state index contributed by atoms with van der Waals surface area (Å²) < 4.78 is 4.86. The van der Waals surface area contributed by atoms with Crippen molar-refractivity contribution in [3.63, 3.8) is 0 Å². The van der Waals surface area contributed by atoms with E-state index in [-0.39, 0.29) is 39.9 Å². The minimum absolute atomic E-state index is 0.0998. The largest absolute Gasteiger partial charge is 0.426 e. The number of ether oxygens (including phenoxy) is 1. The molecule has 0 heterocycles. The predicted molar refractivity (Wildman–Crippen MR) is 56.0 cm³/mol. The van der Waals surface area contributed by atoms with Gasteiger partial charge >= 0.3 is 5.97 Å². The summed E-state index contributed by atoms with van der Waals surface area (Å²) in [5, 5.41) is 0.210. The fourth-order valence-electron chi connectivity index (χ4n) is 1.67. The Hall–Kier alpha value is -1.68. The molecule has 0 bridgehead atoms. The molecule has 0 radical (unpaired) electrons. The number of benzene rings is 1. The van der Waals surface area contributed by atoms with Gasteiger partial charge in [-0.1, -0.05) is 11.6 Å². The smallest absolute Gasteiger partial charge is 0.308 e. The molecule has 16 heavy (non-hydrogen) atoms. The second-order valence-corrected chi connectivity index (χ2v) is 3.82. The number of carbonyl (C=O) groups is 3. The SMILES string of the molecule is CC(=O)Oc1ccc(Cl)c2c1C(=O)CC2=O. The lowest BCUT2D eigenvalue weighted by Crippen LogP contribution is -2.06. The molecule has 0 aromatic heterocycles. The lowest BCUT2D eigenvalue weighted by Gasteiger charge is -2.06. The van der Waals surface area contributed by atoms with Crippen molar-refractivity contribution in [1.29, 1.82) is 0 Å². The zero-order chi connectivity index (χ0) is 11.9. The average molecular weight is 239 g/mol. The highest BCUT2D eigenvalue weighted by molar-refractivity contribution is 6.38. The highest BCUT2D eigenvalue weighted by Gasteiger charge is 2.33. The zero-order valence-electron chi connectivity index (χ0n) is 8.37. The average Bonchev–Trinajstić information content (AvgIpc) is 2.47. The van der Waals surface area contributed by atoms with Gasteiger partial charge in [-0.2, -0.15) is 0 Å². The molecule has 0 spiro atoms. The van der Waals surface area contributed by atoms with E-state index in [0.717, 1.165) is 0 Å². The summed E-state index contributed by atoms with van der Waals surface area (Å²) >= 11 is 5.82. The van der Waals surface area contributed by atoms with Gasteiger partial charge in [0.25, 0.3) is 0 Å². The Morgan fingerprint density at radius 1 is 1.25 bits per heavy atom. The molecule has 4 nitrogen and oxygen atoms in total. The van der Waals surface area contributed by atoms with Crippen LogP contribution in [0.4, 0.5) is 0 Å². The molecule has 2 rings (SSSR count). The van der Waals surface area contributed by atoms with E-state index in [1.54, 1.807) is 0 Å². The monoisotopic (exact) mass is 238 g/mol. The first kappa shape index (κ1) is 10.8. The Morgan fingerprint density at radius 2 is 1.88 bits per heavy atom. The molecule has 1 aromatic carbocycles. The van der Waals surface area contributed by atoms with Crippen molar-refractivity contribution >= 4 is 29.1 Å². The van der Waals surface area contributed by atoms with Gasteiger partial charge in [0.2, 0.25) is 0 Å².